The Morgan fingerprint density at radius 3 is 1.05 bits per heavy atom. The van der Waals surface area contributed by atoms with Gasteiger partial charge in [0, 0.05) is 72.0 Å². The molecule has 0 unspecified atom stereocenters. The molecule has 19 rings (SSSR count). The molecule has 0 saturated carbocycles. The third kappa shape index (κ3) is 21.3. The van der Waals surface area contributed by atoms with Crippen molar-refractivity contribution >= 4 is 50.3 Å². The topological polar surface area (TPSA) is 240 Å². The summed E-state index contributed by atoms with van der Waals surface area (Å²) in [5, 5.41) is 25.2. The minimum Gasteiger partial charge on any atom is -0.657 e. The summed E-state index contributed by atoms with van der Waals surface area (Å²) < 4.78 is 111. The van der Waals surface area contributed by atoms with Crippen LogP contribution in [0.3, 0.4) is 0 Å². The van der Waals surface area contributed by atoms with E-state index < -0.39 is 57.6 Å². The molecule has 726 valence electrons. The molecule has 140 heavy (non-hydrogen) atoms. The molecule has 0 spiro atoms. The van der Waals surface area contributed by atoms with Crippen LogP contribution in [0, 0.1) is 56.3 Å². The number of fused-ring (bicyclic) bond motifs is 11. The van der Waals surface area contributed by atoms with Crippen molar-refractivity contribution in [3.8, 4) is 45.7 Å². The number of carboxylic acid groups (broad SMARTS) is 1. The second-order valence-corrected chi connectivity index (χ2v) is 33.8. The number of benzene rings is 3. The van der Waals surface area contributed by atoms with E-state index in [9.17, 15) is 39.9 Å². The SMILES string of the molecule is CC(C)(c1cccc(C(=O)O)n1)c1cccc(-c2[c-]cc(F)cc2F)n1.CCC1=C(CC)c2cc3[n-]c(cc4nc(cc5[n-]c(cc1n2)c(CC)c5CC)C(CC)=C4CC)c(CC)c3CC.Cc1c[c-]n(-c2cccc(C(C)(C)c3cccc(-n4[c-]cc(C(F)(F)F)n4)n3)n2)n1.Cc1c[c-]n(-c2cccc(C3(c4cccc(-n5[c-]cc(C(F)(F)F)n5)n4)c4ccccc4-c4ccccc43)n2)n1.[Pt+2].[Pt+2].[Pt+2].[Pt]. The first-order valence-corrected chi connectivity index (χ1v) is 45.0. The number of hydrogen-bond acceptors (Lipinski definition) is 13. The molecule has 0 saturated heterocycles. The van der Waals surface area contributed by atoms with Crippen LogP contribution >= 0.6 is 0 Å². The van der Waals surface area contributed by atoms with E-state index >= 15 is 0 Å². The molecule has 0 fully saturated rings. The first-order chi connectivity index (χ1) is 65.2. The molecule has 3 aromatic carbocycles. The van der Waals surface area contributed by atoms with Crippen molar-refractivity contribution in [2.45, 2.75) is 177 Å². The quantitative estimate of drug-likeness (QED) is 0.0551. The molecular formula is C108H95F8N18O2Pt4-. The predicted octanol–water partition coefficient (Wildman–Crippen LogP) is 23.8. The largest absolute Gasteiger partial charge is 2.00 e. The Morgan fingerprint density at radius 2 is 0.707 bits per heavy atom. The molecule has 13 aromatic heterocycles. The zero-order chi connectivity index (χ0) is 96.5. The summed E-state index contributed by atoms with van der Waals surface area (Å²) in [7, 11) is 0. The number of aromatic nitrogens is 18. The van der Waals surface area contributed by atoms with Crippen molar-refractivity contribution in [1.82, 2.24) is 89.0 Å². The Balaban J connectivity index is 0.000000168. The molecule has 15 heterocycles. The fourth-order valence-corrected chi connectivity index (χ4v) is 17.9. The van der Waals surface area contributed by atoms with E-state index in [2.05, 4.69) is 158 Å². The first-order valence-electron chi connectivity index (χ1n) is 45.0. The Hall–Kier alpha value is -12.3. The van der Waals surface area contributed by atoms with Crippen LogP contribution in [0.25, 0.3) is 90.0 Å². The molecule has 0 atom stereocenters. The monoisotopic (exact) mass is 2610 g/mol. The minimum absolute atomic E-state index is 0. The van der Waals surface area contributed by atoms with Crippen LogP contribution in [-0.2, 0) is 139 Å². The number of rotatable bonds is 20. The van der Waals surface area contributed by atoms with Crippen molar-refractivity contribution < 1.29 is 129 Å². The van der Waals surface area contributed by atoms with Crippen LogP contribution in [0.15, 0.2) is 218 Å². The van der Waals surface area contributed by atoms with Gasteiger partial charge in [-0.05, 0) is 183 Å². The number of allylic oxidation sites excluding steroid dienone is 4. The van der Waals surface area contributed by atoms with Gasteiger partial charge in [-0.15, -0.1) is 58.5 Å². The summed E-state index contributed by atoms with van der Waals surface area (Å²) >= 11 is 0. The number of pyridine rings is 6. The van der Waals surface area contributed by atoms with E-state index in [1.54, 1.807) is 82.2 Å². The number of carbonyl (C=O) groups is 1. The summed E-state index contributed by atoms with van der Waals surface area (Å²) in [6.07, 6.45) is 9.61. The molecule has 3 aliphatic rings. The van der Waals surface area contributed by atoms with Gasteiger partial charge in [0.2, 0.25) is 0 Å². The van der Waals surface area contributed by atoms with Crippen LogP contribution in [0.2, 0.25) is 0 Å². The number of aromatic carboxylic acids is 1. The van der Waals surface area contributed by atoms with Crippen LogP contribution in [0.1, 0.15) is 232 Å². The standard InChI is InChI=1S/C36H44N4.C31H19F3N6.C21H17F3N6.C20H15F2N2O2.4Pt/c1-9-21-22(10-2)30-18-32-25(13-5)26(14-6)34(39-32)20-36-28(16-8)27(15-7)35(40-36)19-33-24(12-4)23(11-3)31(38-33)17-29(21)37-30;1-20-16-18-39(37-20)28-14-6-12-25(35-28)30(23-10-4-2-8-21(23)22-9-3-5-11-24(22)30)26-13-7-15-29(36-26)40-19-17-27(38-40)31(32,33)34;1-14-10-12-29(27-14)18-8-4-6-15(25-18)20(2,3)16-7-5-9-19(26-16)30-13-11-17(28-30)21(22,23)24;1-20(2,18-8-4-6-16(24-18)19(25)26)17-7-3-5-15(23-17)13-10-9-12(21)11-14(13)22;;;;/h17-20H,9-16H2,1-8H3;2-17H,1H3;4-11H,1-3H3;3-9,11H,1-2H3,(H,25,26);;;;/q3*-2;-1;;3*+2. The fourth-order valence-electron chi connectivity index (χ4n) is 17.9. The summed E-state index contributed by atoms with van der Waals surface area (Å²) in [6, 6.07) is 66.1. The Bertz CT molecular complexity index is 7200. The van der Waals surface area contributed by atoms with E-state index in [0.29, 0.717) is 45.8 Å². The van der Waals surface area contributed by atoms with Crippen LogP contribution in [0.4, 0.5) is 35.1 Å². The van der Waals surface area contributed by atoms with Gasteiger partial charge in [0.1, 0.15) is 11.1 Å². The summed E-state index contributed by atoms with van der Waals surface area (Å²) in [5.74, 6) is -0.939. The maximum Gasteiger partial charge on any atom is 2.00 e. The number of nitrogens with zero attached hydrogens (tertiary/aromatic N) is 18. The number of carboxylic acids is 1. The second kappa shape index (κ2) is 44.2. The zero-order valence-electron chi connectivity index (χ0n) is 78.6. The molecule has 8 bridgehead atoms. The number of halogens is 8. The van der Waals surface area contributed by atoms with Crippen molar-refractivity contribution in [2.75, 3.05) is 0 Å². The Morgan fingerprint density at radius 1 is 0.371 bits per heavy atom. The van der Waals surface area contributed by atoms with E-state index in [4.69, 9.17) is 40.0 Å². The molecule has 32 heteroatoms. The summed E-state index contributed by atoms with van der Waals surface area (Å²) in [4.78, 5) is 60.0. The third-order valence-electron chi connectivity index (χ3n) is 24.7. The maximum atomic E-state index is 14.0. The molecule has 0 radical (unpaired) electrons. The van der Waals surface area contributed by atoms with Crippen molar-refractivity contribution in [3.05, 3.63) is 380 Å². The molecule has 16 aromatic rings. The van der Waals surface area contributed by atoms with Gasteiger partial charge in [-0.1, -0.05) is 267 Å². The van der Waals surface area contributed by atoms with Crippen LogP contribution in [-0.4, -0.2) is 90.1 Å². The fraction of sp³-hybridized carbons (Fsp3) is 0.250. The van der Waals surface area contributed by atoms with Gasteiger partial charge >= 0.3 is 81.5 Å². The Labute approximate surface area is 863 Å². The number of aryl methyl sites for hydroxylation is 6. The molecule has 2 aliphatic heterocycles. The van der Waals surface area contributed by atoms with Gasteiger partial charge in [0.05, 0.1) is 63.1 Å². The average Bonchev–Trinajstić information content (AvgIpc) is 1.53. The van der Waals surface area contributed by atoms with E-state index in [0.717, 1.165) is 169 Å². The number of hydrogen-bond donors (Lipinski definition) is 1. The van der Waals surface area contributed by atoms with E-state index in [-0.39, 0.29) is 107 Å². The van der Waals surface area contributed by atoms with Gasteiger partial charge in [-0.3, -0.25) is 49.1 Å². The average molecular weight is 2610 g/mol. The van der Waals surface area contributed by atoms with Crippen LogP contribution in [0.5, 0.6) is 0 Å². The minimum atomic E-state index is -4.59. The van der Waals surface area contributed by atoms with Crippen molar-refractivity contribution in [1.29, 1.82) is 0 Å². The first kappa shape index (κ1) is 107. The normalized spacial score (nSPS) is 12.6. The second-order valence-electron chi connectivity index (χ2n) is 33.8. The molecule has 1 aliphatic carbocycles. The third-order valence-corrected chi connectivity index (χ3v) is 24.7. The molecule has 20 nitrogen and oxygen atoms in total. The van der Waals surface area contributed by atoms with E-state index in [1.165, 1.54) is 50.6 Å². The smallest absolute Gasteiger partial charge is 0.657 e. The van der Waals surface area contributed by atoms with Crippen molar-refractivity contribution in [2.24, 2.45) is 0 Å². The van der Waals surface area contributed by atoms with E-state index in [1.807, 2.05) is 120 Å². The van der Waals surface area contributed by atoms with Gasteiger partial charge in [0.25, 0.3) is 0 Å². The summed E-state index contributed by atoms with van der Waals surface area (Å²) in [5.41, 5.74) is 24.4. The van der Waals surface area contributed by atoms with Gasteiger partial charge in [-0.2, -0.15) is 26.3 Å². The zero-order valence-corrected chi connectivity index (χ0v) is 87.7. The van der Waals surface area contributed by atoms with Crippen molar-refractivity contribution in [3.63, 3.8) is 0 Å². The molecule has 0 amide bonds. The Kier molecular flexibility index (Phi) is 33.7. The van der Waals surface area contributed by atoms with Gasteiger partial charge in [0.15, 0.2) is 0 Å². The summed E-state index contributed by atoms with van der Waals surface area (Å²) in [6.45, 7) is 29.3. The van der Waals surface area contributed by atoms with Gasteiger partial charge in [-0.25, -0.2) is 19.7 Å². The number of alkyl halides is 6. The molecular weight excluding hydrogens is 2510 g/mol. The van der Waals surface area contributed by atoms with Crippen LogP contribution < -0.4 is 9.97 Å². The van der Waals surface area contributed by atoms with Gasteiger partial charge < -0.3 is 38.8 Å². The molecule has 1 N–H and O–H groups in total. The maximum absolute atomic E-state index is 14.0. The predicted molar refractivity (Wildman–Crippen MR) is 506 cm³/mol.